The van der Waals surface area contributed by atoms with Gasteiger partial charge in [-0.2, -0.15) is 0 Å². The van der Waals surface area contributed by atoms with Gasteiger partial charge in [-0.3, -0.25) is 9.97 Å². The molecule has 0 saturated heterocycles. The van der Waals surface area contributed by atoms with Crippen molar-refractivity contribution in [3.8, 4) is 5.75 Å². The Labute approximate surface area is 140 Å². The zero-order valence-electron chi connectivity index (χ0n) is 13.2. The van der Waals surface area contributed by atoms with Gasteiger partial charge in [-0.15, -0.1) is 0 Å². The fourth-order valence-electron chi connectivity index (χ4n) is 2.91. The van der Waals surface area contributed by atoms with Crippen LogP contribution in [0.5, 0.6) is 5.75 Å². The standard InChI is InChI=1S/C18H17N5O/c1-3-16(11-19-5-1)24-13-15-10-20-9-14-12-23(8-4-17(14)15)18-21-6-2-7-22-18/h1-3,5-7,9-11H,4,8,12-13H2. The summed E-state index contributed by atoms with van der Waals surface area (Å²) in [6.45, 7) is 2.16. The second-order valence-electron chi connectivity index (χ2n) is 5.63. The van der Waals surface area contributed by atoms with Crippen molar-refractivity contribution < 1.29 is 4.74 Å². The Hall–Kier alpha value is -3.02. The molecular weight excluding hydrogens is 302 g/mol. The quantitative estimate of drug-likeness (QED) is 0.736. The van der Waals surface area contributed by atoms with Crippen molar-refractivity contribution in [2.45, 2.75) is 19.6 Å². The summed E-state index contributed by atoms with van der Waals surface area (Å²) in [5, 5.41) is 0. The Bertz CT molecular complexity index is 796. The molecule has 0 spiro atoms. The van der Waals surface area contributed by atoms with Crippen LogP contribution in [0.3, 0.4) is 0 Å². The van der Waals surface area contributed by atoms with E-state index in [-0.39, 0.29) is 0 Å². The molecule has 0 atom stereocenters. The molecule has 6 heteroatoms. The first-order valence-corrected chi connectivity index (χ1v) is 7.89. The number of fused-ring (bicyclic) bond motifs is 1. The van der Waals surface area contributed by atoms with Gasteiger partial charge in [0.2, 0.25) is 5.95 Å². The summed E-state index contributed by atoms with van der Waals surface area (Å²) in [5.74, 6) is 1.53. The number of aromatic nitrogens is 4. The highest BCUT2D eigenvalue weighted by Crippen LogP contribution is 2.24. The van der Waals surface area contributed by atoms with Crippen LogP contribution < -0.4 is 9.64 Å². The van der Waals surface area contributed by atoms with Gasteiger partial charge in [0.1, 0.15) is 12.4 Å². The van der Waals surface area contributed by atoms with Gasteiger partial charge in [0, 0.05) is 49.6 Å². The number of hydrogen-bond donors (Lipinski definition) is 0. The minimum Gasteiger partial charge on any atom is -0.487 e. The van der Waals surface area contributed by atoms with Crippen LogP contribution in [0.2, 0.25) is 0 Å². The first kappa shape index (κ1) is 14.6. The minimum absolute atomic E-state index is 0.504. The molecule has 0 aliphatic carbocycles. The molecule has 6 nitrogen and oxygen atoms in total. The lowest BCUT2D eigenvalue weighted by atomic mass is 9.97. The van der Waals surface area contributed by atoms with Gasteiger partial charge in [-0.25, -0.2) is 9.97 Å². The van der Waals surface area contributed by atoms with Crippen LogP contribution >= 0.6 is 0 Å². The maximum atomic E-state index is 5.83. The van der Waals surface area contributed by atoms with E-state index in [2.05, 4.69) is 24.8 Å². The number of rotatable bonds is 4. The average molecular weight is 319 g/mol. The number of ether oxygens (including phenoxy) is 1. The molecule has 0 N–H and O–H groups in total. The summed E-state index contributed by atoms with van der Waals surface area (Å²) in [6, 6.07) is 5.60. The summed E-state index contributed by atoms with van der Waals surface area (Å²) in [4.78, 5) is 19.3. The first-order valence-electron chi connectivity index (χ1n) is 7.89. The van der Waals surface area contributed by atoms with Gasteiger partial charge in [0.05, 0.1) is 6.20 Å². The highest BCUT2D eigenvalue weighted by molar-refractivity contribution is 5.41. The molecule has 24 heavy (non-hydrogen) atoms. The Morgan fingerprint density at radius 1 is 1.00 bits per heavy atom. The van der Waals surface area contributed by atoms with Crippen LogP contribution in [0.1, 0.15) is 16.7 Å². The Morgan fingerprint density at radius 3 is 2.75 bits per heavy atom. The molecule has 4 heterocycles. The molecule has 1 aliphatic rings. The monoisotopic (exact) mass is 319 g/mol. The highest BCUT2D eigenvalue weighted by atomic mass is 16.5. The molecule has 0 amide bonds. The van der Waals surface area contributed by atoms with E-state index in [9.17, 15) is 0 Å². The van der Waals surface area contributed by atoms with Crippen LogP contribution in [0.15, 0.2) is 55.4 Å². The predicted octanol–water partition coefficient (Wildman–Crippen LogP) is 2.41. The fourth-order valence-corrected chi connectivity index (χ4v) is 2.91. The van der Waals surface area contributed by atoms with Crippen LogP contribution in [-0.2, 0) is 19.6 Å². The lowest BCUT2D eigenvalue weighted by molar-refractivity contribution is 0.303. The van der Waals surface area contributed by atoms with Crippen molar-refractivity contribution in [3.63, 3.8) is 0 Å². The van der Waals surface area contributed by atoms with E-state index in [0.717, 1.165) is 36.8 Å². The van der Waals surface area contributed by atoms with Crippen molar-refractivity contribution in [2.75, 3.05) is 11.4 Å². The van der Waals surface area contributed by atoms with Gasteiger partial charge in [-0.1, -0.05) is 0 Å². The van der Waals surface area contributed by atoms with E-state index in [1.165, 1.54) is 11.1 Å². The van der Waals surface area contributed by atoms with E-state index >= 15 is 0 Å². The first-order chi connectivity index (χ1) is 11.9. The lowest BCUT2D eigenvalue weighted by Gasteiger charge is -2.29. The summed E-state index contributed by atoms with van der Waals surface area (Å²) >= 11 is 0. The van der Waals surface area contributed by atoms with Crippen molar-refractivity contribution in [1.29, 1.82) is 0 Å². The maximum absolute atomic E-state index is 5.83. The van der Waals surface area contributed by atoms with Crippen molar-refractivity contribution in [3.05, 3.63) is 72.1 Å². The van der Waals surface area contributed by atoms with Gasteiger partial charge in [0.15, 0.2) is 0 Å². The lowest BCUT2D eigenvalue weighted by Crippen LogP contribution is -2.32. The smallest absolute Gasteiger partial charge is 0.225 e. The normalized spacial score (nSPS) is 13.4. The van der Waals surface area contributed by atoms with E-state index in [0.29, 0.717) is 6.61 Å². The number of nitrogens with zero attached hydrogens (tertiary/aromatic N) is 5. The Morgan fingerprint density at radius 2 is 1.92 bits per heavy atom. The van der Waals surface area contributed by atoms with Crippen LogP contribution in [-0.4, -0.2) is 26.5 Å². The second-order valence-corrected chi connectivity index (χ2v) is 5.63. The van der Waals surface area contributed by atoms with Crippen molar-refractivity contribution in [1.82, 2.24) is 19.9 Å². The van der Waals surface area contributed by atoms with Crippen LogP contribution in [0.25, 0.3) is 0 Å². The third-order valence-electron chi connectivity index (χ3n) is 4.09. The van der Waals surface area contributed by atoms with E-state index in [1.54, 1.807) is 24.8 Å². The van der Waals surface area contributed by atoms with Crippen LogP contribution in [0, 0.1) is 0 Å². The molecule has 0 unspecified atom stereocenters. The third kappa shape index (κ3) is 3.03. The summed E-state index contributed by atoms with van der Waals surface area (Å²) < 4.78 is 5.83. The zero-order valence-corrected chi connectivity index (χ0v) is 13.2. The van der Waals surface area contributed by atoms with Crippen molar-refractivity contribution in [2.24, 2.45) is 0 Å². The largest absolute Gasteiger partial charge is 0.487 e. The van der Waals surface area contributed by atoms with Crippen molar-refractivity contribution >= 4 is 5.95 Å². The predicted molar refractivity (Wildman–Crippen MR) is 89.6 cm³/mol. The fraction of sp³-hybridized carbons (Fsp3) is 0.222. The average Bonchev–Trinajstić information content (AvgIpc) is 2.67. The SMILES string of the molecule is c1cnc(N2CCc3c(COc4cccnc4)cncc3C2)nc1. The maximum Gasteiger partial charge on any atom is 0.225 e. The Kier molecular flexibility index (Phi) is 4.02. The van der Waals surface area contributed by atoms with Gasteiger partial charge in [0.25, 0.3) is 0 Å². The minimum atomic E-state index is 0.504. The van der Waals surface area contributed by atoms with E-state index in [4.69, 9.17) is 4.74 Å². The molecule has 0 radical (unpaired) electrons. The van der Waals surface area contributed by atoms with Gasteiger partial charge in [-0.05, 0) is 35.7 Å². The summed E-state index contributed by atoms with van der Waals surface area (Å²) in [7, 11) is 0. The molecule has 0 fully saturated rings. The van der Waals surface area contributed by atoms with Crippen LogP contribution in [0.4, 0.5) is 5.95 Å². The molecule has 0 aromatic carbocycles. The molecule has 120 valence electrons. The summed E-state index contributed by atoms with van der Waals surface area (Å²) in [6.07, 6.45) is 11.8. The van der Waals surface area contributed by atoms with E-state index in [1.807, 2.05) is 30.6 Å². The van der Waals surface area contributed by atoms with Gasteiger partial charge >= 0.3 is 0 Å². The molecule has 0 saturated carbocycles. The molecule has 3 aromatic heterocycles. The number of pyridine rings is 2. The third-order valence-corrected chi connectivity index (χ3v) is 4.09. The Balaban J connectivity index is 1.51. The molecular formula is C18H17N5O. The second kappa shape index (κ2) is 6.62. The molecule has 0 bridgehead atoms. The van der Waals surface area contributed by atoms with Gasteiger partial charge < -0.3 is 9.64 Å². The molecule has 3 aromatic rings. The zero-order chi connectivity index (χ0) is 16.2. The number of hydrogen-bond acceptors (Lipinski definition) is 6. The molecule has 1 aliphatic heterocycles. The highest BCUT2D eigenvalue weighted by Gasteiger charge is 2.21. The number of anilines is 1. The topological polar surface area (TPSA) is 64.0 Å². The van der Waals surface area contributed by atoms with E-state index < -0.39 is 0 Å². The molecule has 4 rings (SSSR count). The summed E-state index contributed by atoms with van der Waals surface area (Å²) in [5.41, 5.74) is 3.66.